The molecule has 0 aromatic rings. The number of aliphatic carboxylic acids is 1. The number of carbonyl (C=O) groups excluding carboxylic acids is 1. The van der Waals surface area contributed by atoms with E-state index in [-0.39, 0.29) is 92.4 Å². The van der Waals surface area contributed by atoms with Crippen molar-refractivity contribution in [3.63, 3.8) is 0 Å². The second-order valence-electron chi connectivity index (χ2n) is 35.8. The highest BCUT2D eigenvalue weighted by Crippen LogP contribution is 2.58. The molecule has 0 bridgehead atoms. The standard InChI is InChI=1S/C42H72O5Si2.C35H60O5Si2/c1-30-33(27-34(46-48(11,12)39(3,4)5)28-37(30)47-49(13,14)40(6,7)8)21-20-32-19-18-26-42(10)35(22-23-36(32)42)31(2)44-29-38(43)45-41(9)24-16-15-17-25-41;1-24-27(17-16-26-15-14-20-35(9)29(18-19-30(26)35)25(2)38-23-32(36)37)21-28(39-41(10,11)33(3,4)5)22-31(24)40-42(12,13)34(6,7)8/h20-22,31,34,36-37H,1,15-19,23-29H2,2-14H3;16-18,25,28,30-31H,1,14-15,19-23H2,2-13H3,(H,36,37)/t31-,34+,36-,37-,42+;25-,28+,30?,31-,35+/m00/s1. The zero-order valence-electron chi connectivity index (χ0n) is 62.6. The molecule has 0 radical (unpaired) electrons. The van der Waals surface area contributed by atoms with Gasteiger partial charge in [-0.15, -0.1) is 0 Å². The van der Waals surface area contributed by atoms with Crippen molar-refractivity contribution in [2.24, 2.45) is 22.7 Å². The highest BCUT2D eigenvalue weighted by molar-refractivity contribution is 6.75. The molecule has 1 N–H and O–H groups in total. The van der Waals surface area contributed by atoms with Gasteiger partial charge >= 0.3 is 11.9 Å². The van der Waals surface area contributed by atoms with Gasteiger partial charge in [-0.3, -0.25) is 0 Å². The van der Waals surface area contributed by atoms with Crippen molar-refractivity contribution in [3.05, 3.63) is 94.2 Å². The maximum atomic E-state index is 12.8. The number of carbonyl (C=O) groups is 2. The minimum Gasteiger partial charge on any atom is -0.480 e. The van der Waals surface area contributed by atoms with Crippen molar-refractivity contribution >= 4 is 45.2 Å². The van der Waals surface area contributed by atoms with Crippen LogP contribution in [0.3, 0.4) is 0 Å². The lowest BCUT2D eigenvalue weighted by atomic mass is 9.63. The summed E-state index contributed by atoms with van der Waals surface area (Å²) in [5.74, 6) is -0.281. The van der Waals surface area contributed by atoms with Gasteiger partial charge in [0.2, 0.25) is 0 Å². The highest BCUT2D eigenvalue weighted by atomic mass is 28.4. The minimum atomic E-state index is -2.01. The van der Waals surface area contributed by atoms with Crippen molar-refractivity contribution in [2.75, 3.05) is 13.2 Å². The molecule has 5 saturated carbocycles. The molecule has 91 heavy (non-hydrogen) atoms. The number of ether oxygens (including phenoxy) is 3. The van der Waals surface area contributed by atoms with E-state index in [1.807, 2.05) is 6.92 Å². The van der Waals surface area contributed by atoms with Gasteiger partial charge in [-0.2, -0.15) is 0 Å². The van der Waals surface area contributed by atoms with Gasteiger partial charge in [-0.1, -0.05) is 164 Å². The van der Waals surface area contributed by atoms with Crippen LogP contribution in [-0.4, -0.2) is 106 Å². The van der Waals surface area contributed by atoms with Crippen LogP contribution in [-0.2, 0) is 41.5 Å². The minimum absolute atomic E-state index is 0.00599. The van der Waals surface area contributed by atoms with E-state index >= 15 is 0 Å². The van der Waals surface area contributed by atoms with Crippen molar-refractivity contribution in [1.82, 2.24) is 0 Å². The molecule has 0 saturated heterocycles. The Hall–Kier alpha value is -2.51. The van der Waals surface area contributed by atoms with E-state index in [0.717, 1.165) is 114 Å². The van der Waals surface area contributed by atoms with Gasteiger partial charge in [0, 0.05) is 12.8 Å². The first kappa shape index (κ1) is 77.5. The Morgan fingerprint density at radius 1 is 0.538 bits per heavy atom. The van der Waals surface area contributed by atoms with E-state index in [0.29, 0.717) is 11.8 Å². The van der Waals surface area contributed by atoms with Crippen LogP contribution in [0.25, 0.3) is 0 Å². The summed E-state index contributed by atoms with van der Waals surface area (Å²) in [7, 11) is -7.94. The van der Waals surface area contributed by atoms with Crippen LogP contribution in [0.2, 0.25) is 72.5 Å². The average Bonchev–Trinajstić information content (AvgIpc) is 1.71. The Morgan fingerprint density at radius 2 is 0.890 bits per heavy atom. The lowest BCUT2D eigenvalue weighted by Crippen LogP contribution is -2.49. The van der Waals surface area contributed by atoms with Crippen LogP contribution in [0.15, 0.2) is 94.2 Å². The SMILES string of the molecule is C=C1C(=CC=C2CCC[C@]3(C)C([C@H](C)OCC(=O)O)=CCC23)C[C@@H](O[Si](C)(C)C(C)(C)C)C[C@@H]1O[Si](C)(C)C(C)(C)C.C=C1C(=CC=C2CCC[C@]3(C)C([C@H](C)OCC(=O)OC4(C)CCCCC4)=CC[C@@H]23)C[C@@H](O[Si](C)(C)C(C)(C)C)C[C@@H]1O[Si](C)(C)C(C)(C)C. The smallest absolute Gasteiger partial charge is 0.332 e. The first-order valence-corrected chi connectivity index (χ1v) is 47.2. The Bertz CT molecular complexity index is 2790. The zero-order valence-corrected chi connectivity index (χ0v) is 66.6. The molecular formula is C77H132O10Si4. The quantitative estimate of drug-likeness (QED) is 0.0761. The number of rotatable bonds is 19. The normalized spacial score (nSPS) is 30.6. The number of carboxylic acids is 1. The molecule has 7 rings (SSSR count). The summed E-state index contributed by atoms with van der Waals surface area (Å²) < 4.78 is 46.1. The van der Waals surface area contributed by atoms with Gasteiger partial charge in [0.15, 0.2) is 33.3 Å². The maximum absolute atomic E-state index is 12.8. The van der Waals surface area contributed by atoms with E-state index in [1.54, 1.807) is 0 Å². The molecule has 10 nitrogen and oxygen atoms in total. The number of fused-ring (bicyclic) bond motifs is 2. The Morgan fingerprint density at radius 3 is 1.24 bits per heavy atom. The van der Waals surface area contributed by atoms with E-state index in [4.69, 9.17) is 37.0 Å². The molecule has 14 heteroatoms. The third kappa shape index (κ3) is 18.8. The predicted octanol–water partition coefficient (Wildman–Crippen LogP) is 21.4. The summed E-state index contributed by atoms with van der Waals surface area (Å²) in [6.07, 6.45) is 31.8. The molecule has 516 valence electrons. The van der Waals surface area contributed by atoms with Gasteiger partial charge in [0.1, 0.15) is 18.8 Å². The average molecular weight is 1330 g/mol. The molecule has 0 spiro atoms. The van der Waals surface area contributed by atoms with E-state index in [1.165, 1.54) is 39.9 Å². The third-order valence-corrected chi connectivity index (χ3v) is 42.8. The van der Waals surface area contributed by atoms with Crippen LogP contribution < -0.4 is 0 Å². The van der Waals surface area contributed by atoms with Crippen LogP contribution in [0.5, 0.6) is 0 Å². The van der Waals surface area contributed by atoms with E-state index in [2.05, 4.69) is 213 Å². The fourth-order valence-corrected chi connectivity index (χ4v) is 20.1. The molecule has 0 heterocycles. The van der Waals surface area contributed by atoms with E-state index in [9.17, 15) is 9.59 Å². The van der Waals surface area contributed by atoms with Crippen LogP contribution in [0.4, 0.5) is 0 Å². The molecule has 1 unspecified atom stereocenters. The van der Waals surface area contributed by atoms with Gasteiger partial charge in [0.25, 0.3) is 0 Å². The fourth-order valence-electron chi connectivity index (χ4n) is 14.8. The first-order valence-electron chi connectivity index (χ1n) is 35.5. The van der Waals surface area contributed by atoms with Crippen molar-refractivity contribution in [1.29, 1.82) is 0 Å². The van der Waals surface area contributed by atoms with Gasteiger partial charge in [0.05, 0.1) is 36.6 Å². The van der Waals surface area contributed by atoms with Crippen LogP contribution in [0, 0.1) is 22.7 Å². The molecular weight excluding hydrogens is 1200 g/mol. The summed E-state index contributed by atoms with van der Waals surface area (Å²) in [4.78, 5) is 23.9. The molecule has 0 aromatic carbocycles. The lowest BCUT2D eigenvalue weighted by Gasteiger charge is -2.45. The second-order valence-corrected chi connectivity index (χ2v) is 54.8. The Labute approximate surface area is 560 Å². The number of hydrogen-bond acceptors (Lipinski definition) is 9. The first-order chi connectivity index (χ1) is 41.6. The Kier molecular flexibility index (Phi) is 24.9. The number of hydrogen-bond donors (Lipinski definition) is 1. The summed E-state index contributed by atoms with van der Waals surface area (Å²) in [6, 6.07) is 0. The molecule has 0 aromatic heterocycles. The molecule has 5 fully saturated rings. The van der Waals surface area contributed by atoms with Crippen molar-refractivity contribution < 1.29 is 46.6 Å². The van der Waals surface area contributed by atoms with Gasteiger partial charge in [-0.05, 0) is 239 Å². The monoisotopic (exact) mass is 1330 g/mol. The fraction of sp³-hybridized carbons (Fsp3) is 0.766. The topological polar surface area (TPSA) is 119 Å². The summed E-state index contributed by atoms with van der Waals surface area (Å²) >= 11 is 0. The van der Waals surface area contributed by atoms with Crippen LogP contribution in [0.1, 0.15) is 227 Å². The lowest BCUT2D eigenvalue weighted by molar-refractivity contribution is -0.167. The number of esters is 1. The zero-order chi connectivity index (χ0) is 68.5. The number of carboxylic acid groups (broad SMARTS) is 1. The summed E-state index contributed by atoms with van der Waals surface area (Å²) in [5.41, 5.74) is 10.1. The molecule has 0 amide bonds. The van der Waals surface area contributed by atoms with Crippen molar-refractivity contribution in [2.45, 2.75) is 342 Å². The third-order valence-electron chi connectivity index (χ3n) is 24.7. The number of allylic oxidation sites excluding steroid dienone is 8. The summed E-state index contributed by atoms with van der Waals surface area (Å²) in [5, 5.41) is 9.67. The molecule has 10 atom stereocenters. The Balaban J connectivity index is 0.000000293. The maximum Gasteiger partial charge on any atom is 0.332 e. The largest absolute Gasteiger partial charge is 0.480 e. The molecule has 0 aliphatic heterocycles. The van der Waals surface area contributed by atoms with Crippen molar-refractivity contribution in [3.8, 4) is 0 Å². The summed E-state index contributed by atoms with van der Waals surface area (Å²) in [6.45, 7) is 66.5. The van der Waals surface area contributed by atoms with E-state index < -0.39 is 39.2 Å². The molecule has 7 aliphatic rings. The molecule has 7 aliphatic carbocycles. The van der Waals surface area contributed by atoms with Crippen LogP contribution >= 0.6 is 0 Å². The predicted molar refractivity (Wildman–Crippen MR) is 390 cm³/mol. The highest BCUT2D eigenvalue weighted by Gasteiger charge is 2.51. The van der Waals surface area contributed by atoms with Gasteiger partial charge < -0.3 is 37.0 Å². The van der Waals surface area contributed by atoms with Gasteiger partial charge in [-0.25, -0.2) is 9.59 Å². The second kappa shape index (κ2) is 29.3.